The molecule has 0 aliphatic carbocycles. The van der Waals surface area contributed by atoms with Gasteiger partial charge in [-0.2, -0.15) is 0 Å². The van der Waals surface area contributed by atoms with Crippen LogP contribution < -0.4 is 15.3 Å². The Morgan fingerprint density at radius 1 is 0.939 bits per heavy atom. The first-order valence-corrected chi connectivity index (χ1v) is 10.8. The Kier molecular flexibility index (Phi) is 4.66. The van der Waals surface area contributed by atoms with E-state index in [1.807, 2.05) is 24.3 Å². The Balaban J connectivity index is 1.48. The summed E-state index contributed by atoms with van der Waals surface area (Å²) in [4.78, 5) is 54.4. The number of methoxy groups -OCH3 is 1. The van der Waals surface area contributed by atoms with Crippen molar-refractivity contribution in [2.24, 2.45) is 7.05 Å². The first kappa shape index (κ1) is 21.0. The van der Waals surface area contributed by atoms with Gasteiger partial charge in [0, 0.05) is 38.4 Å². The lowest BCUT2D eigenvalue weighted by atomic mass is 9.80. The molecule has 0 saturated carbocycles. The molecule has 2 aliphatic rings. The van der Waals surface area contributed by atoms with Crippen LogP contribution in [0.4, 0.5) is 5.69 Å². The summed E-state index contributed by atoms with van der Waals surface area (Å²) in [5, 5.41) is 0. The lowest BCUT2D eigenvalue weighted by Crippen LogP contribution is -2.46. The number of aromatic nitrogens is 2. The fraction of sp³-hybridized carbons (Fsp3) is 0.333. The second-order valence-electron chi connectivity index (χ2n) is 8.52. The molecule has 33 heavy (non-hydrogen) atoms. The summed E-state index contributed by atoms with van der Waals surface area (Å²) in [7, 11) is 4.65. The van der Waals surface area contributed by atoms with Gasteiger partial charge < -0.3 is 9.64 Å². The normalized spacial score (nSPS) is 19.9. The molecule has 2 aliphatic heterocycles. The van der Waals surface area contributed by atoms with Gasteiger partial charge >= 0.3 is 5.69 Å². The maximum absolute atomic E-state index is 13.6. The topological polar surface area (TPSA) is 93.8 Å². The fourth-order valence-electron chi connectivity index (χ4n) is 5.06. The predicted octanol–water partition coefficient (Wildman–Crippen LogP) is 1.41. The van der Waals surface area contributed by atoms with Gasteiger partial charge in [0.15, 0.2) is 5.41 Å². The molecule has 3 amide bonds. The average Bonchev–Trinajstić information content (AvgIpc) is 3.31. The summed E-state index contributed by atoms with van der Waals surface area (Å²) in [6, 6.07) is 12.7. The number of carbonyl (C=O) groups is 3. The monoisotopic (exact) mass is 448 g/mol. The Bertz CT molecular complexity index is 1390. The van der Waals surface area contributed by atoms with Crippen molar-refractivity contribution in [3.8, 4) is 5.75 Å². The summed E-state index contributed by atoms with van der Waals surface area (Å²) in [5.41, 5.74) is 1.10. The van der Waals surface area contributed by atoms with Crippen LogP contribution in [0.25, 0.3) is 11.0 Å². The molecule has 3 aromatic rings. The molecule has 5 rings (SSSR count). The molecule has 0 radical (unpaired) electrons. The standard InChI is InChI=1S/C24H24N4O5/c1-25-18-7-4-5-8-19(18)28(23(25)32)12-6-11-27-17-10-9-15(33-3)13-16(17)24(22(27)31)14-20(29)26(2)21(24)30/h4-5,7-10,13H,6,11-12,14H2,1-3H3. The summed E-state index contributed by atoms with van der Waals surface area (Å²) in [5.74, 6) is -0.787. The number of ether oxygens (including phenoxy) is 1. The molecule has 170 valence electrons. The fourth-order valence-corrected chi connectivity index (χ4v) is 5.06. The zero-order valence-electron chi connectivity index (χ0n) is 18.7. The van der Waals surface area contributed by atoms with Crippen molar-refractivity contribution in [2.45, 2.75) is 24.8 Å². The van der Waals surface area contributed by atoms with Gasteiger partial charge in [-0.25, -0.2) is 4.79 Å². The zero-order valence-corrected chi connectivity index (χ0v) is 18.7. The number of likely N-dealkylation sites (tertiary alicyclic amines) is 1. The number of hydrogen-bond acceptors (Lipinski definition) is 5. The minimum absolute atomic E-state index is 0.122. The molecule has 1 aromatic heterocycles. The van der Waals surface area contributed by atoms with Gasteiger partial charge in [0.2, 0.25) is 17.7 Å². The van der Waals surface area contributed by atoms with Crippen LogP contribution in [-0.4, -0.2) is 52.5 Å². The van der Waals surface area contributed by atoms with Crippen LogP contribution in [0.5, 0.6) is 5.75 Å². The van der Waals surface area contributed by atoms with Crippen molar-refractivity contribution in [1.29, 1.82) is 0 Å². The number of benzene rings is 2. The number of nitrogens with zero attached hydrogens (tertiary/aromatic N) is 4. The lowest BCUT2D eigenvalue weighted by molar-refractivity contribution is -0.140. The lowest BCUT2D eigenvalue weighted by Gasteiger charge is -2.21. The van der Waals surface area contributed by atoms with E-state index in [1.165, 1.54) is 14.2 Å². The van der Waals surface area contributed by atoms with Crippen LogP contribution in [0.2, 0.25) is 0 Å². The van der Waals surface area contributed by atoms with Crippen LogP contribution in [0.15, 0.2) is 47.3 Å². The Hall–Kier alpha value is -3.88. The van der Waals surface area contributed by atoms with Gasteiger partial charge in [0.25, 0.3) is 0 Å². The summed E-state index contributed by atoms with van der Waals surface area (Å²) >= 11 is 0. The predicted molar refractivity (Wildman–Crippen MR) is 121 cm³/mol. The summed E-state index contributed by atoms with van der Waals surface area (Å²) in [6.07, 6.45) is 0.305. The van der Waals surface area contributed by atoms with Gasteiger partial charge in [0.1, 0.15) is 5.75 Å². The summed E-state index contributed by atoms with van der Waals surface area (Å²) in [6.45, 7) is 0.718. The number of para-hydroxylation sites is 2. The van der Waals surface area contributed by atoms with E-state index < -0.39 is 17.2 Å². The highest BCUT2D eigenvalue weighted by atomic mass is 16.5. The highest BCUT2D eigenvalue weighted by Crippen LogP contribution is 2.49. The number of imidazole rings is 1. The zero-order chi connectivity index (χ0) is 23.5. The molecule has 1 unspecified atom stereocenters. The molecule has 1 spiro atoms. The smallest absolute Gasteiger partial charge is 0.328 e. The highest BCUT2D eigenvalue weighted by molar-refractivity contribution is 6.28. The second-order valence-corrected chi connectivity index (χ2v) is 8.52. The molecule has 1 saturated heterocycles. The van der Waals surface area contributed by atoms with Crippen LogP contribution in [0.3, 0.4) is 0 Å². The average molecular weight is 448 g/mol. The van der Waals surface area contributed by atoms with Gasteiger partial charge in [-0.15, -0.1) is 0 Å². The summed E-state index contributed by atoms with van der Waals surface area (Å²) < 4.78 is 8.61. The maximum atomic E-state index is 13.6. The van der Waals surface area contributed by atoms with Crippen molar-refractivity contribution in [2.75, 3.05) is 25.6 Å². The van der Waals surface area contributed by atoms with E-state index in [9.17, 15) is 19.2 Å². The van der Waals surface area contributed by atoms with Gasteiger partial charge in [0.05, 0.1) is 24.6 Å². The van der Waals surface area contributed by atoms with Crippen LogP contribution in [-0.2, 0) is 33.4 Å². The van der Waals surface area contributed by atoms with Crippen molar-refractivity contribution in [1.82, 2.24) is 14.0 Å². The number of hydrogen-bond donors (Lipinski definition) is 0. The van der Waals surface area contributed by atoms with Crippen LogP contribution in [0, 0.1) is 0 Å². The SMILES string of the molecule is COc1ccc2c(c1)C1(CC(=O)N(C)C1=O)C(=O)N2CCCn1c(=O)n(C)c2ccccc21. The largest absolute Gasteiger partial charge is 0.497 e. The van der Waals surface area contributed by atoms with Crippen molar-refractivity contribution >= 4 is 34.4 Å². The Labute approximate surface area is 189 Å². The number of rotatable bonds is 5. The van der Waals surface area contributed by atoms with E-state index in [0.29, 0.717) is 36.5 Å². The molecule has 1 atom stereocenters. The highest BCUT2D eigenvalue weighted by Gasteiger charge is 2.63. The molecule has 9 heteroatoms. The first-order valence-electron chi connectivity index (χ1n) is 10.8. The van der Waals surface area contributed by atoms with E-state index >= 15 is 0 Å². The molecule has 3 heterocycles. The molecule has 0 bridgehead atoms. The molecule has 9 nitrogen and oxygen atoms in total. The third-order valence-electron chi connectivity index (χ3n) is 6.84. The Morgan fingerprint density at radius 3 is 2.33 bits per heavy atom. The van der Waals surface area contributed by atoms with E-state index in [0.717, 1.165) is 15.9 Å². The molecule has 2 aromatic carbocycles. The van der Waals surface area contributed by atoms with Crippen molar-refractivity contribution < 1.29 is 19.1 Å². The van der Waals surface area contributed by atoms with E-state index in [4.69, 9.17) is 4.74 Å². The number of imide groups is 1. The number of amides is 3. The van der Waals surface area contributed by atoms with Crippen LogP contribution in [0.1, 0.15) is 18.4 Å². The van der Waals surface area contributed by atoms with Gasteiger partial charge in [-0.3, -0.25) is 28.4 Å². The number of fused-ring (bicyclic) bond motifs is 3. The number of aryl methyl sites for hydroxylation is 2. The van der Waals surface area contributed by atoms with E-state index in [-0.39, 0.29) is 18.0 Å². The third-order valence-corrected chi connectivity index (χ3v) is 6.84. The van der Waals surface area contributed by atoms with E-state index in [1.54, 1.807) is 39.3 Å². The van der Waals surface area contributed by atoms with Crippen molar-refractivity contribution in [3.05, 3.63) is 58.5 Å². The van der Waals surface area contributed by atoms with E-state index in [2.05, 4.69) is 0 Å². The minimum atomic E-state index is -1.55. The third kappa shape index (κ3) is 2.78. The maximum Gasteiger partial charge on any atom is 0.328 e. The second kappa shape index (κ2) is 7.33. The molecule has 0 N–H and O–H groups in total. The quantitative estimate of drug-likeness (QED) is 0.435. The molecular formula is C24H24N4O5. The number of likely N-dealkylation sites (N-methyl/N-ethyl adjacent to an activating group) is 1. The van der Waals surface area contributed by atoms with Crippen LogP contribution >= 0.6 is 0 Å². The van der Waals surface area contributed by atoms with Gasteiger partial charge in [-0.1, -0.05) is 12.1 Å². The number of carbonyl (C=O) groups excluding carboxylic acids is 3. The van der Waals surface area contributed by atoms with Gasteiger partial charge in [-0.05, 0) is 36.8 Å². The Morgan fingerprint density at radius 2 is 1.67 bits per heavy atom. The molecule has 1 fully saturated rings. The minimum Gasteiger partial charge on any atom is -0.497 e. The molecular weight excluding hydrogens is 424 g/mol. The first-order chi connectivity index (χ1) is 15.8. The number of anilines is 1. The van der Waals surface area contributed by atoms with Crippen molar-refractivity contribution in [3.63, 3.8) is 0 Å².